The number of thiazole rings is 1. The molecule has 3 aromatic rings. The molecule has 0 atom stereocenters. The van der Waals surface area contributed by atoms with Crippen LogP contribution in [0.3, 0.4) is 0 Å². The van der Waals surface area contributed by atoms with Crippen molar-refractivity contribution in [3.8, 4) is 5.75 Å². The standard InChI is InChI=1S/C17H21N5OS/c1-18-16(19-8-5-10-23-15-6-3-2-4-7-15)20-12-14-13-22-9-11-24-17(22)21-14/h2-4,6-7,9,11,13H,5,8,10,12H2,1H3,(H2,18,19,20). The number of ether oxygens (including phenoxy) is 1. The highest BCUT2D eigenvalue weighted by Gasteiger charge is 2.03. The van der Waals surface area contributed by atoms with Gasteiger partial charge in [-0.1, -0.05) is 18.2 Å². The first-order chi connectivity index (χ1) is 11.8. The summed E-state index contributed by atoms with van der Waals surface area (Å²) in [6.45, 7) is 2.12. The molecule has 0 bridgehead atoms. The number of fused-ring (bicyclic) bond motifs is 1. The summed E-state index contributed by atoms with van der Waals surface area (Å²) in [6, 6.07) is 9.85. The largest absolute Gasteiger partial charge is 0.494 e. The third kappa shape index (κ3) is 4.48. The number of hydrogen-bond acceptors (Lipinski definition) is 4. The zero-order valence-corrected chi connectivity index (χ0v) is 14.4. The summed E-state index contributed by atoms with van der Waals surface area (Å²) in [5, 5.41) is 8.58. The molecular formula is C17H21N5OS. The maximum Gasteiger partial charge on any atom is 0.193 e. The number of nitrogens with one attached hydrogen (secondary N) is 2. The fraction of sp³-hybridized carbons (Fsp3) is 0.294. The van der Waals surface area contributed by atoms with Gasteiger partial charge in [-0.3, -0.25) is 9.39 Å². The molecule has 2 N–H and O–H groups in total. The highest BCUT2D eigenvalue weighted by molar-refractivity contribution is 7.15. The van der Waals surface area contributed by atoms with Crippen molar-refractivity contribution in [1.82, 2.24) is 20.0 Å². The van der Waals surface area contributed by atoms with Crippen LogP contribution in [0.25, 0.3) is 4.96 Å². The number of benzene rings is 1. The average molecular weight is 343 g/mol. The number of para-hydroxylation sites is 1. The van der Waals surface area contributed by atoms with Gasteiger partial charge < -0.3 is 15.4 Å². The van der Waals surface area contributed by atoms with E-state index in [4.69, 9.17) is 4.74 Å². The second kappa shape index (κ2) is 8.35. The Hall–Kier alpha value is -2.54. The third-order valence-corrected chi connectivity index (χ3v) is 4.20. The van der Waals surface area contributed by atoms with Gasteiger partial charge in [-0.15, -0.1) is 11.3 Å². The second-order valence-corrected chi connectivity index (χ2v) is 6.07. The summed E-state index contributed by atoms with van der Waals surface area (Å²) in [5.74, 6) is 1.67. The van der Waals surface area contributed by atoms with Crippen LogP contribution in [0.15, 0.2) is 53.1 Å². The average Bonchev–Trinajstić information content (AvgIpc) is 3.20. The monoisotopic (exact) mass is 343 g/mol. The van der Waals surface area contributed by atoms with E-state index in [1.165, 1.54) is 0 Å². The number of imidazole rings is 1. The minimum Gasteiger partial charge on any atom is -0.494 e. The van der Waals surface area contributed by atoms with Gasteiger partial charge in [0.25, 0.3) is 0 Å². The molecule has 0 aliphatic heterocycles. The van der Waals surface area contributed by atoms with Crippen LogP contribution < -0.4 is 15.4 Å². The minimum absolute atomic E-state index is 0.647. The first-order valence-electron chi connectivity index (χ1n) is 7.88. The molecule has 126 valence electrons. The van der Waals surface area contributed by atoms with Crippen molar-refractivity contribution < 1.29 is 4.74 Å². The third-order valence-electron chi connectivity index (χ3n) is 3.43. The Kier molecular flexibility index (Phi) is 5.68. The van der Waals surface area contributed by atoms with E-state index in [2.05, 4.69) is 20.6 Å². The highest BCUT2D eigenvalue weighted by atomic mass is 32.1. The van der Waals surface area contributed by atoms with Gasteiger partial charge in [0.1, 0.15) is 5.75 Å². The molecule has 3 rings (SSSR count). The molecule has 7 heteroatoms. The number of hydrogen-bond donors (Lipinski definition) is 2. The topological polar surface area (TPSA) is 63.0 Å². The smallest absolute Gasteiger partial charge is 0.193 e. The Labute approximate surface area is 145 Å². The van der Waals surface area contributed by atoms with Crippen LogP contribution >= 0.6 is 11.3 Å². The van der Waals surface area contributed by atoms with Crippen LogP contribution in [-0.2, 0) is 6.54 Å². The Bertz CT molecular complexity index is 752. The molecule has 0 saturated heterocycles. The zero-order valence-electron chi connectivity index (χ0n) is 13.6. The summed E-state index contributed by atoms with van der Waals surface area (Å²) >= 11 is 1.63. The maximum atomic E-state index is 5.66. The van der Waals surface area contributed by atoms with Crippen molar-refractivity contribution in [3.05, 3.63) is 53.8 Å². The van der Waals surface area contributed by atoms with Gasteiger partial charge in [-0.05, 0) is 18.6 Å². The van der Waals surface area contributed by atoms with Crippen molar-refractivity contribution in [3.63, 3.8) is 0 Å². The molecule has 0 aliphatic carbocycles. The van der Waals surface area contributed by atoms with E-state index in [1.54, 1.807) is 18.4 Å². The van der Waals surface area contributed by atoms with Gasteiger partial charge in [0.05, 0.1) is 18.8 Å². The minimum atomic E-state index is 0.647. The van der Waals surface area contributed by atoms with Crippen molar-refractivity contribution >= 4 is 22.3 Å². The second-order valence-electron chi connectivity index (χ2n) is 5.19. The summed E-state index contributed by atoms with van der Waals surface area (Å²) in [4.78, 5) is 9.77. The highest BCUT2D eigenvalue weighted by Crippen LogP contribution is 2.11. The van der Waals surface area contributed by atoms with E-state index >= 15 is 0 Å². The molecule has 0 saturated carbocycles. The fourth-order valence-corrected chi connectivity index (χ4v) is 2.96. The van der Waals surface area contributed by atoms with E-state index < -0.39 is 0 Å². The van der Waals surface area contributed by atoms with Gasteiger partial charge in [0, 0.05) is 31.4 Å². The molecule has 0 radical (unpaired) electrons. The number of guanidine groups is 1. The van der Waals surface area contributed by atoms with Crippen molar-refractivity contribution in [2.75, 3.05) is 20.2 Å². The first kappa shape index (κ1) is 16.3. The predicted octanol–water partition coefficient (Wildman–Crippen LogP) is 2.53. The molecule has 0 aliphatic rings. The lowest BCUT2D eigenvalue weighted by atomic mass is 10.3. The quantitative estimate of drug-likeness (QED) is 0.393. The van der Waals surface area contributed by atoms with Gasteiger partial charge in [-0.2, -0.15) is 0 Å². The van der Waals surface area contributed by atoms with E-state index in [0.717, 1.165) is 35.3 Å². The molecule has 0 spiro atoms. The summed E-state index contributed by atoms with van der Waals surface area (Å²) in [5.41, 5.74) is 0.997. The maximum absolute atomic E-state index is 5.66. The van der Waals surface area contributed by atoms with Gasteiger partial charge in [0.15, 0.2) is 10.9 Å². The lowest BCUT2D eigenvalue weighted by Crippen LogP contribution is -2.37. The Morgan fingerprint density at radius 1 is 1.29 bits per heavy atom. The summed E-state index contributed by atoms with van der Waals surface area (Å²) in [6.07, 6.45) is 4.94. The number of aliphatic imine (C=N–C) groups is 1. The lowest BCUT2D eigenvalue weighted by molar-refractivity contribution is 0.311. The fourth-order valence-electron chi connectivity index (χ4n) is 2.24. The van der Waals surface area contributed by atoms with Gasteiger partial charge >= 0.3 is 0 Å². The van der Waals surface area contributed by atoms with E-state index in [1.807, 2.05) is 52.5 Å². The molecule has 2 heterocycles. The van der Waals surface area contributed by atoms with Crippen molar-refractivity contribution in [1.29, 1.82) is 0 Å². The van der Waals surface area contributed by atoms with Crippen molar-refractivity contribution in [2.45, 2.75) is 13.0 Å². The molecule has 0 fully saturated rings. The Balaban J connectivity index is 1.35. The molecule has 24 heavy (non-hydrogen) atoms. The van der Waals surface area contributed by atoms with E-state index in [-0.39, 0.29) is 0 Å². The zero-order chi connectivity index (χ0) is 16.6. The van der Waals surface area contributed by atoms with Gasteiger partial charge in [0.2, 0.25) is 0 Å². The molecule has 6 nitrogen and oxygen atoms in total. The molecular weight excluding hydrogens is 322 g/mol. The molecule has 1 aromatic carbocycles. The van der Waals surface area contributed by atoms with Gasteiger partial charge in [-0.25, -0.2) is 4.98 Å². The van der Waals surface area contributed by atoms with E-state index in [0.29, 0.717) is 13.2 Å². The Morgan fingerprint density at radius 3 is 2.96 bits per heavy atom. The number of rotatable bonds is 7. The number of aromatic nitrogens is 2. The molecule has 2 aromatic heterocycles. The molecule has 0 amide bonds. The van der Waals surface area contributed by atoms with Crippen LogP contribution in [0.4, 0.5) is 0 Å². The normalized spacial score (nSPS) is 11.6. The SMILES string of the molecule is CN=C(NCCCOc1ccccc1)NCc1cn2ccsc2n1. The predicted molar refractivity (Wildman–Crippen MR) is 97.8 cm³/mol. The molecule has 0 unspecified atom stereocenters. The van der Waals surface area contributed by atoms with Crippen LogP contribution in [0.2, 0.25) is 0 Å². The van der Waals surface area contributed by atoms with Crippen LogP contribution in [0, 0.1) is 0 Å². The van der Waals surface area contributed by atoms with Crippen molar-refractivity contribution in [2.24, 2.45) is 4.99 Å². The first-order valence-corrected chi connectivity index (χ1v) is 8.76. The van der Waals surface area contributed by atoms with E-state index in [9.17, 15) is 0 Å². The van der Waals surface area contributed by atoms with Crippen LogP contribution in [0.5, 0.6) is 5.75 Å². The summed E-state index contributed by atoms with van der Waals surface area (Å²) < 4.78 is 7.69. The van der Waals surface area contributed by atoms with Crippen LogP contribution in [-0.4, -0.2) is 35.5 Å². The lowest BCUT2D eigenvalue weighted by Gasteiger charge is -2.11. The Morgan fingerprint density at radius 2 is 2.17 bits per heavy atom. The summed E-state index contributed by atoms with van der Waals surface area (Å²) in [7, 11) is 1.77. The van der Waals surface area contributed by atoms with Crippen LogP contribution in [0.1, 0.15) is 12.1 Å². The number of nitrogens with zero attached hydrogens (tertiary/aromatic N) is 3.